The van der Waals surface area contributed by atoms with E-state index >= 15 is 0 Å². The van der Waals surface area contributed by atoms with Gasteiger partial charge in [-0.1, -0.05) is 0 Å². The van der Waals surface area contributed by atoms with Gasteiger partial charge in [-0.05, 0) is 25.1 Å². The van der Waals surface area contributed by atoms with Gasteiger partial charge < -0.3 is 15.2 Å². The normalized spacial score (nSPS) is 13.3. The Morgan fingerprint density at radius 3 is 2.67 bits per heavy atom. The maximum atomic E-state index is 11.0. The highest BCUT2D eigenvalue weighted by molar-refractivity contribution is 7.90. The molecule has 1 rings (SSSR count). The van der Waals surface area contributed by atoms with Crippen LogP contribution in [0.5, 0.6) is 11.5 Å². The first-order valence-corrected chi connectivity index (χ1v) is 7.67. The lowest BCUT2D eigenvalue weighted by Crippen LogP contribution is -2.25. The molecular formula is C12H19NO4S. The van der Waals surface area contributed by atoms with Gasteiger partial charge >= 0.3 is 0 Å². The van der Waals surface area contributed by atoms with Gasteiger partial charge in [0.15, 0.2) is 0 Å². The number of benzene rings is 1. The Morgan fingerprint density at radius 2 is 2.11 bits per heavy atom. The van der Waals surface area contributed by atoms with Gasteiger partial charge in [-0.15, -0.1) is 0 Å². The summed E-state index contributed by atoms with van der Waals surface area (Å²) >= 11 is 0. The summed E-state index contributed by atoms with van der Waals surface area (Å²) in [6.07, 6.45) is 1.20. The van der Waals surface area contributed by atoms with Gasteiger partial charge in [0.05, 0.1) is 12.9 Å². The van der Waals surface area contributed by atoms with Crippen LogP contribution in [0.4, 0.5) is 0 Å². The van der Waals surface area contributed by atoms with E-state index < -0.39 is 9.84 Å². The van der Waals surface area contributed by atoms with Crippen molar-refractivity contribution in [3.8, 4) is 11.5 Å². The molecule has 0 spiro atoms. The van der Waals surface area contributed by atoms with Crippen LogP contribution >= 0.6 is 0 Å². The molecular weight excluding hydrogens is 254 g/mol. The number of hydrogen-bond acceptors (Lipinski definition) is 5. The van der Waals surface area contributed by atoms with Gasteiger partial charge in [0.1, 0.15) is 21.3 Å². The lowest BCUT2D eigenvalue weighted by Gasteiger charge is -2.16. The summed E-state index contributed by atoms with van der Waals surface area (Å²) in [6.45, 7) is 2.20. The van der Waals surface area contributed by atoms with E-state index in [0.29, 0.717) is 17.9 Å². The van der Waals surface area contributed by atoms with E-state index in [1.54, 1.807) is 25.3 Å². The predicted molar refractivity (Wildman–Crippen MR) is 70.8 cm³/mol. The second kappa shape index (κ2) is 6.06. The van der Waals surface area contributed by atoms with Crippen molar-refractivity contribution in [3.05, 3.63) is 23.8 Å². The van der Waals surface area contributed by atoms with Crippen molar-refractivity contribution >= 4 is 9.84 Å². The average molecular weight is 273 g/mol. The maximum absolute atomic E-state index is 11.0. The number of hydrogen-bond donors (Lipinski definition) is 2. The van der Waals surface area contributed by atoms with Crippen LogP contribution in [0, 0.1) is 0 Å². The van der Waals surface area contributed by atoms with Crippen molar-refractivity contribution in [1.29, 1.82) is 0 Å². The van der Waals surface area contributed by atoms with Crippen molar-refractivity contribution < 1.29 is 18.3 Å². The number of nitrogens with one attached hydrogen (secondary N) is 1. The molecule has 1 unspecified atom stereocenters. The first-order chi connectivity index (χ1) is 8.33. The summed E-state index contributed by atoms with van der Waals surface area (Å²) in [5.41, 5.74) is 0.683. The minimum atomic E-state index is -2.97. The molecule has 18 heavy (non-hydrogen) atoms. The summed E-state index contributed by atoms with van der Waals surface area (Å²) in [7, 11) is -1.42. The highest BCUT2D eigenvalue weighted by atomic mass is 32.2. The zero-order valence-electron chi connectivity index (χ0n) is 10.8. The first kappa shape index (κ1) is 14.8. The Morgan fingerprint density at radius 1 is 1.44 bits per heavy atom. The molecule has 0 aliphatic heterocycles. The summed E-state index contributed by atoms with van der Waals surface area (Å²) in [4.78, 5) is 0. The molecule has 102 valence electrons. The van der Waals surface area contributed by atoms with Crippen LogP contribution in [0.2, 0.25) is 0 Å². The molecule has 6 heteroatoms. The van der Waals surface area contributed by atoms with Crippen LogP contribution in [0.25, 0.3) is 0 Å². The first-order valence-electron chi connectivity index (χ1n) is 5.61. The largest absolute Gasteiger partial charge is 0.508 e. The lowest BCUT2D eigenvalue weighted by atomic mass is 10.1. The Kier molecular flexibility index (Phi) is 4.98. The van der Waals surface area contributed by atoms with E-state index in [0.717, 1.165) is 0 Å². The molecule has 2 N–H and O–H groups in total. The zero-order valence-corrected chi connectivity index (χ0v) is 11.6. The van der Waals surface area contributed by atoms with Gasteiger partial charge in [-0.2, -0.15) is 0 Å². The second-order valence-corrected chi connectivity index (χ2v) is 6.49. The van der Waals surface area contributed by atoms with E-state index in [1.165, 1.54) is 6.26 Å². The highest BCUT2D eigenvalue weighted by Gasteiger charge is 2.12. The number of phenols is 1. The molecule has 0 saturated carbocycles. The molecule has 0 aromatic heterocycles. The molecule has 0 saturated heterocycles. The van der Waals surface area contributed by atoms with Crippen LogP contribution < -0.4 is 10.1 Å². The van der Waals surface area contributed by atoms with Crippen LogP contribution in [0.15, 0.2) is 18.2 Å². The topological polar surface area (TPSA) is 75.6 Å². The van der Waals surface area contributed by atoms with Crippen molar-refractivity contribution in [3.63, 3.8) is 0 Å². The number of aromatic hydroxyl groups is 1. The van der Waals surface area contributed by atoms with Gasteiger partial charge in [0, 0.05) is 24.4 Å². The zero-order chi connectivity index (χ0) is 13.8. The fourth-order valence-corrected chi connectivity index (χ4v) is 2.07. The minimum absolute atomic E-state index is 0.0715. The van der Waals surface area contributed by atoms with Crippen LogP contribution in [-0.2, 0) is 9.84 Å². The fourth-order valence-electron chi connectivity index (χ4n) is 1.58. The number of phenolic OH excluding ortho intramolecular Hbond substituents is 1. The third-order valence-corrected chi connectivity index (χ3v) is 3.57. The molecule has 1 aromatic carbocycles. The summed E-state index contributed by atoms with van der Waals surface area (Å²) in [6, 6.07) is 4.81. The average Bonchev–Trinajstić information content (AvgIpc) is 2.27. The summed E-state index contributed by atoms with van der Waals surface area (Å²) in [5, 5.41) is 12.8. The van der Waals surface area contributed by atoms with Gasteiger partial charge in [0.25, 0.3) is 0 Å². The van der Waals surface area contributed by atoms with Crippen molar-refractivity contribution in [2.24, 2.45) is 0 Å². The standard InChI is InChI=1S/C12H19NO4S/c1-9(13-6-7-18(3,15)16)11-8-10(17-2)4-5-12(11)14/h4-5,8-9,13-14H,6-7H2,1-3H3. The SMILES string of the molecule is COc1ccc(O)c(C(C)NCCS(C)(=O)=O)c1. The summed E-state index contributed by atoms with van der Waals surface area (Å²) in [5.74, 6) is 0.886. The van der Waals surface area contributed by atoms with Crippen LogP contribution in [0.3, 0.4) is 0 Å². The maximum Gasteiger partial charge on any atom is 0.148 e. The van der Waals surface area contributed by atoms with Crippen LogP contribution in [0.1, 0.15) is 18.5 Å². The Balaban J connectivity index is 2.69. The Bertz CT molecular complexity index is 499. The molecule has 0 radical (unpaired) electrons. The number of rotatable bonds is 6. The molecule has 0 heterocycles. The molecule has 1 atom stereocenters. The minimum Gasteiger partial charge on any atom is -0.508 e. The monoisotopic (exact) mass is 273 g/mol. The van der Waals surface area contributed by atoms with Crippen molar-refractivity contribution in [2.75, 3.05) is 25.7 Å². The van der Waals surface area contributed by atoms with Gasteiger partial charge in [-0.3, -0.25) is 0 Å². The molecule has 1 aromatic rings. The lowest BCUT2D eigenvalue weighted by molar-refractivity contribution is 0.408. The highest BCUT2D eigenvalue weighted by Crippen LogP contribution is 2.28. The Labute approximate surface area is 108 Å². The molecule has 0 aliphatic rings. The smallest absolute Gasteiger partial charge is 0.148 e. The van der Waals surface area contributed by atoms with E-state index in [4.69, 9.17) is 4.74 Å². The Hall–Kier alpha value is -1.27. The second-order valence-electron chi connectivity index (χ2n) is 4.23. The van der Waals surface area contributed by atoms with Crippen molar-refractivity contribution in [1.82, 2.24) is 5.32 Å². The van der Waals surface area contributed by atoms with E-state index in [2.05, 4.69) is 5.32 Å². The third-order valence-electron chi connectivity index (χ3n) is 2.62. The van der Waals surface area contributed by atoms with Gasteiger partial charge in [-0.25, -0.2) is 8.42 Å². The van der Waals surface area contributed by atoms with E-state index in [1.807, 2.05) is 6.92 Å². The molecule has 0 aliphatic carbocycles. The number of sulfone groups is 1. The van der Waals surface area contributed by atoms with Crippen LogP contribution in [-0.4, -0.2) is 39.2 Å². The van der Waals surface area contributed by atoms with Crippen molar-refractivity contribution in [2.45, 2.75) is 13.0 Å². The number of methoxy groups -OCH3 is 1. The predicted octanol–water partition coefficient (Wildman–Crippen LogP) is 1.10. The third kappa shape index (κ3) is 4.54. The summed E-state index contributed by atoms with van der Waals surface area (Å²) < 4.78 is 27.1. The van der Waals surface area contributed by atoms with E-state index in [9.17, 15) is 13.5 Å². The fraction of sp³-hybridized carbons (Fsp3) is 0.500. The molecule has 0 bridgehead atoms. The molecule has 5 nitrogen and oxygen atoms in total. The number of ether oxygens (including phenoxy) is 1. The quantitative estimate of drug-likeness (QED) is 0.811. The molecule has 0 fully saturated rings. The molecule has 0 amide bonds. The van der Waals surface area contributed by atoms with Gasteiger partial charge in [0.2, 0.25) is 0 Å². The van der Waals surface area contributed by atoms with E-state index in [-0.39, 0.29) is 17.5 Å².